The van der Waals surface area contributed by atoms with Crippen LogP contribution in [0.15, 0.2) is 0 Å². The molecule has 11 heavy (non-hydrogen) atoms. The highest BCUT2D eigenvalue weighted by Gasteiger charge is 2.49. The Morgan fingerprint density at radius 3 is 2.73 bits per heavy atom. The third kappa shape index (κ3) is 0.961. The number of hydrogen-bond donors (Lipinski definition) is 2. The maximum Gasteiger partial charge on any atom is 0.186 e. The van der Waals surface area contributed by atoms with Gasteiger partial charge in [-0.05, 0) is 0 Å². The Kier molecular flexibility index (Phi) is 1.61. The fourth-order valence-electron chi connectivity index (χ4n) is 1.36. The van der Waals surface area contributed by atoms with E-state index in [0.29, 0.717) is 0 Å². The van der Waals surface area contributed by atoms with Crippen molar-refractivity contribution in [3.63, 3.8) is 0 Å². The summed E-state index contributed by atoms with van der Waals surface area (Å²) in [5.74, 6) is 0. The van der Waals surface area contributed by atoms with E-state index >= 15 is 0 Å². The maximum atomic E-state index is 12.9. The number of ether oxygens (including phenoxy) is 2. The number of aliphatic hydroxyl groups excluding tert-OH is 2. The smallest absolute Gasteiger partial charge is 0.186 e. The molecule has 0 aliphatic carbocycles. The molecular formula is C6H9FO4. The molecule has 0 radical (unpaired) electrons. The van der Waals surface area contributed by atoms with Crippen molar-refractivity contribution >= 4 is 0 Å². The van der Waals surface area contributed by atoms with E-state index in [1.54, 1.807) is 0 Å². The van der Waals surface area contributed by atoms with E-state index in [2.05, 4.69) is 0 Å². The van der Waals surface area contributed by atoms with Gasteiger partial charge in [0.2, 0.25) is 0 Å². The molecule has 0 spiro atoms. The van der Waals surface area contributed by atoms with Gasteiger partial charge in [0.05, 0.1) is 6.61 Å². The van der Waals surface area contributed by atoms with Crippen molar-refractivity contribution in [2.24, 2.45) is 0 Å². The minimum atomic E-state index is -1.54. The zero-order chi connectivity index (χ0) is 8.01. The van der Waals surface area contributed by atoms with Gasteiger partial charge >= 0.3 is 0 Å². The van der Waals surface area contributed by atoms with Gasteiger partial charge in [0.1, 0.15) is 18.3 Å². The van der Waals surface area contributed by atoms with Crippen LogP contribution < -0.4 is 0 Å². The second-order valence-electron chi connectivity index (χ2n) is 2.80. The van der Waals surface area contributed by atoms with Crippen LogP contribution in [0.25, 0.3) is 0 Å². The number of aliphatic hydroxyl groups is 2. The highest BCUT2D eigenvalue weighted by molar-refractivity contribution is 4.92. The summed E-state index contributed by atoms with van der Waals surface area (Å²) in [5.41, 5.74) is 0. The molecule has 2 rings (SSSR count). The Bertz CT molecular complexity index is 145. The molecule has 0 amide bonds. The number of alkyl halides is 1. The van der Waals surface area contributed by atoms with Crippen molar-refractivity contribution in [3.8, 4) is 0 Å². The van der Waals surface area contributed by atoms with Crippen LogP contribution in [0.4, 0.5) is 4.39 Å². The summed E-state index contributed by atoms with van der Waals surface area (Å²) in [7, 11) is 0. The van der Waals surface area contributed by atoms with Crippen molar-refractivity contribution < 1.29 is 24.1 Å². The molecule has 5 atom stereocenters. The van der Waals surface area contributed by atoms with E-state index in [-0.39, 0.29) is 6.61 Å². The molecule has 2 fully saturated rings. The van der Waals surface area contributed by atoms with E-state index in [4.69, 9.17) is 19.7 Å². The molecule has 2 bridgehead atoms. The van der Waals surface area contributed by atoms with E-state index < -0.39 is 30.8 Å². The molecular weight excluding hydrogens is 155 g/mol. The van der Waals surface area contributed by atoms with E-state index in [0.717, 1.165) is 0 Å². The first-order valence-electron chi connectivity index (χ1n) is 3.47. The molecule has 64 valence electrons. The lowest BCUT2D eigenvalue weighted by molar-refractivity contribution is -0.215. The highest BCUT2D eigenvalue weighted by Crippen LogP contribution is 2.29. The molecule has 2 heterocycles. The van der Waals surface area contributed by atoms with E-state index in [9.17, 15) is 4.39 Å². The molecule has 0 saturated carbocycles. The van der Waals surface area contributed by atoms with Crippen LogP contribution in [0, 0.1) is 0 Å². The number of rotatable bonds is 0. The van der Waals surface area contributed by atoms with Gasteiger partial charge in [-0.25, -0.2) is 4.39 Å². The van der Waals surface area contributed by atoms with E-state index in [1.807, 2.05) is 0 Å². The Morgan fingerprint density at radius 1 is 1.27 bits per heavy atom. The molecule has 5 unspecified atom stereocenters. The lowest BCUT2D eigenvalue weighted by Crippen LogP contribution is -2.51. The summed E-state index contributed by atoms with van der Waals surface area (Å²) < 4.78 is 22.6. The van der Waals surface area contributed by atoms with Gasteiger partial charge in [-0.1, -0.05) is 0 Å². The number of fused-ring (bicyclic) bond motifs is 2. The van der Waals surface area contributed by atoms with Crippen LogP contribution in [0.2, 0.25) is 0 Å². The largest absolute Gasteiger partial charge is 0.387 e. The summed E-state index contributed by atoms with van der Waals surface area (Å²) in [6.07, 6.45) is -5.73. The Hall–Kier alpha value is -0.230. The second-order valence-corrected chi connectivity index (χ2v) is 2.80. The summed E-state index contributed by atoms with van der Waals surface area (Å²) in [5, 5.41) is 18.1. The third-order valence-electron chi connectivity index (χ3n) is 2.04. The monoisotopic (exact) mass is 164 g/mol. The summed E-state index contributed by atoms with van der Waals surface area (Å²) in [4.78, 5) is 0. The van der Waals surface area contributed by atoms with Crippen molar-refractivity contribution in [2.45, 2.75) is 30.8 Å². The fourth-order valence-corrected chi connectivity index (χ4v) is 1.36. The topological polar surface area (TPSA) is 58.9 Å². The normalized spacial score (nSPS) is 56.5. The lowest BCUT2D eigenvalue weighted by Gasteiger charge is -2.30. The minimum absolute atomic E-state index is 0.111. The molecule has 0 aromatic rings. The average molecular weight is 164 g/mol. The zero-order valence-electron chi connectivity index (χ0n) is 5.68. The first-order valence-corrected chi connectivity index (χ1v) is 3.47. The van der Waals surface area contributed by atoms with Gasteiger partial charge in [0, 0.05) is 0 Å². The molecule has 2 saturated heterocycles. The third-order valence-corrected chi connectivity index (χ3v) is 2.04. The minimum Gasteiger partial charge on any atom is -0.387 e. The molecule has 2 aliphatic heterocycles. The van der Waals surface area contributed by atoms with Crippen molar-refractivity contribution in [1.29, 1.82) is 0 Å². The molecule has 0 aromatic heterocycles. The lowest BCUT2D eigenvalue weighted by atomic mass is 10.0. The van der Waals surface area contributed by atoms with Crippen LogP contribution in [0.3, 0.4) is 0 Å². The average Bonchev–Trinajstić information content (AvgIpc) is 2.44. The summed E-state index contributed by atoms with van der Waals surface area (Å²) >= 11 is 0. The summed E-state index contributed by atoms with van der Waals surface area (Å²) in [6.45, 7) is 0.111. The first kappa shape index (κ1) is 7.42. The standard InChI is InChI=1S/C6H9FO4/c7-3-2-1-10-6(11-2)5(9)4(3)8/h2-6,8-9H,1H2. The molecule has 5 heteroatoms. The number of halogens is 1. The van der Waals surface area contributed by atoms with Crippen LogP contribution >= 0.6 is 0 Å². The van der Waals surface area contributed by atoms with Crippen LogP contribution in [-0.2, 0) is 9.47 Å². The van der Waals surface area contributed by atoms with Gasteiger partial charge in [-0.15, -0.1) is 0 Å². The van der Waals surface area contributed by atoms with Crippen molar-refractivity contribution in [1.82, 2.24) is 0 Å². The molecule has 4 nitrogen and oxygen atoms in total. The van der Waals surface area contributed by atoms with Crippen LogP contribution in [-0.4, -0.2) is 47.6 Å². The zero-order valence-corrected chi connectivity index (χ0v) is 5.68. The van der Waals surface area contributed by atoms with Crippen LogP contribution in [0.1, 0.15) is 0 Å². The van der Waals surface area contributed by atoms with Crippen molar-refractivity contribution in [3.05, 3.63) is 0 Å². The second kappa shape index (κ2) is 2.38. The van der Waals surface area contributed by atoms with Crippen LogP contribution in [0.5, 0.6) is 0 Å². The Labute approximate surface area is 62.5 Å². The Balaban J connectivity index is 2.16. The quantitative estimate of drug-likeness (QED) is 0.472. The predicted molar refractivity (Wildman–Crippen MR) is 31.5 cm³/mol. The van der Waals surface area contributed by atoms with Gasteiger partial charge in [0.25, 0.3) is 0 Å². The molecule has 0 aromatic carbocycles. The predicted octanol–water partition coefficient (Wildman–Crippen LogP) is -1.20. The number of hydrogen-bond acceptors (Lipinski definition) is 4. The summed E-state index contributed by atoms with van der Waals surface area (Å²) in [6, 6.07) is 0. The van der Waals surface area contributed by atoms with Gasteiger partial charge in [0.15, 0.2) is 12.5 Å². The van der Waals surface area contributed by atoms with Crippen molar-refractivity contribution in [2.75, 3.05) is 6.61 Å². The fraction of sp³-hybridized carbons (Fsp3) is 1.00. The van der Waals surface area contributed by atoms with Gasteiger partial charge < -0.3 is 19.7 Å². The van der Waals surface area contributed by atoms with E-state index in [1.165, 1.54) is 0 Å². The molecule has 2 aliphatic rings. The SMILES string of the molecule is OC1C2OCC(O2)C(F)C1O. The molecule has 2 N–H and O–H groups in total. The van der Waals surface area contributed by atoms with Gasteiger partial charge in [-0.3, -0.25) is 0 Å². The van der Waals surface area contributed by atoms with Gasteiger partial charge in [-0.2, -0.15) is 0 Å². The Morgan fingerprint density at radius 2 is 2.00 bits per heavy atom. The highest BCUT2D eigenvalue weighted by atomic mass is 19.1. The first-order chi connectivity index (χ1) is 5.20. The maximum absolute atomic E-state index is 12.9.